The molecule has 1 saturated heterocycles. The predicted molar refractivity (Wildman–Crippen MR) is 109 cm³/mol. The van der Waals surface area contributed by atoms with Crippen LogP contribution in [0.4, 0.5) is 5.69 Å². The summed E-state index contributed by atoms with van der Waals surface area (Å²) in [5.74, 6) is -0.643. The number of nitrogens with zero attached hydrogens (tertiary/aromatic N) is 2. The van der Waals surface area contributed by atoms with E-state index < -0.39 is 15.9 Å². The Labute approximate surface area is 169 Å². The molecule has 0 bridgehead atoms. The molecular formula is C21H21N3O4S. The molecule has 0 unspecified atom stereocenters. The fourth-order valence-electron chi connectivity index (χ4n) is 3.12. The summed E-state index contributed by atoms with van der Waals surface area (Å²) in [5, 5.41) is 21.4. The van der Waals surface area contributed by atoms with E-state index in [1.165, 1.54) is 34.6 Å². The lowest BCUT2D eigenvalue weighted by molar-refractivity contribution is -0.112. The fourth-order valence-corrected chi connectivity index (χ4v) is 4.68. The number of amides is 1. The Bertz CT molecular complexity index is 1080. The molecule has 2 aromatic carbocycles. The number of benzene rings is 2. The summed E-state index contributed by atoms with van der Waals surface area (Å²) < 4.78 is 27.1. The molecule has 8 heteroatoms. The van der Waals surface area contributed by atoms with Crippen LogP contribution in [0.5, 0.6) is 5.75 Å². The van der Waals surface area contributed by atoms with Crippen molar-refractivity contribution in [1.82, 2.24) is 4.31 Å². The standard InChI is InChI=1S/C21H21N3O4S/c22-15-17(12-16-6-4-8-19(25)13-16)21(26)23-18-7-5-9-20(14-18)29(27,28)24-10-2-1-3-11-24/h4-9,12-14,25H,1-3,10-11H2,(H,23,26)/b17-12+. The first-order valence-electron chi connectivity index (χ1n) is 9.22. The Kier molecular flexibility index (Phi) is 6.32. The second-order valence-electron chi connectivity index (χ2n) is 6.71. The van der Waals surface area contributed by atoms with Crippen molar-refractivity contribution in [3.63, 3.8) is 0 Å². The lowest BCUT2D eigenvalue weighted by Crippen LogP contribution is -2.35. The highest BCUT2D eigenvalue weighted by Gasteiger charge is 2.26. The van der Waals surface area contributed by atoms with Gasteiger partial charge >= 0.3 is 0 Å². The zero-order chi connectivity index (χ0) is 20.9. The minimum atomic E-state index is -3.62. The Morgan fingerprint density at radius 2 is 1.83 bits per heavy atom. The van der Waals surface area contributed by atoms with E-state index in [0.717, 1.165) is 19.3 Å². The van der Waals surface area contributed by atoms with Gasteiger partial charge in [0, 0.05) is 18.8 Å². The van der Waals surface area contributed by atoms with Gasteiger partial charge in [-0.2, -0.15) is 9.57 Å². The third kappa shape index (κ3) is 5.02. The number of nitrogens with one attached hydrogen (secondary N) is 1. The van der Waals surface area contributed by atoms with Crippen LogP contribution < -0.4 is 5.32 Å². The number of nitriles is 1. The summed E-state index contributed by atoms with van der Waals surface area (Å²) >= 11 is 0. The van der Waals surface area contributed by atoms with Crippen LogP contribution >= 0.6 is 0 Å². The molecule has 3 rings (SSSR count). The average Bonchev–Trinajstić information content (AvgIpc) is 2.73. The first kappa shape index (κ1) is 20.6. The van der Waals surface area contributed by atoms with Crippen LogP contribution in [0.1, 0.15) is 24.8 Å². The molecule has 1 amide bonds. The van der Waals surface area contributed by atoms with Crippen LogP contribution in [0.25, 0.3) is 6.08 Å². The van der Waals surface area contributed by atoms with E-state index in [2.05, 4.69) is 5.32 Å². The molecule has 2 N–H and O–H groups in total. The van der Waals surface area contributed by atoms with Crippen LogP contribution in [-0.4, -0.2) is 36.8 Å². The number of aromatic hydroxyl groups is 1. The number of carbonyl (C=O) groups is 1. The van der Waals surface area contributed by atoms with Gasteiger partial charge in [-0.1, -0.05) is 24.6 Å². The molecule has 1 heterocycles. The molecule has 7 nitrogen and oxygen atoms in total. The lowest BCUT2D eigenvalue weighted by Gasteiger charge is -2.26. The van der Waals surface area contributed by atoms with Gasteiger partial charge in [0.2, 0.25) is 10.0 Å². The summed E-state index contributed by atoms with van der Waals surface area (Å²) in [5.41, 5.74) is 0.614. The maximum absolute atomic E-state index is 12.8. The van der Waals surface area contributed by atoms with Gasteiger partial charge in [0.25, 0.3) is 5.91 Å². The van der Waals surface area contributed by atoms with E-state index in [9.17, 15) is 23.6 Å². The Morgan fingerprint density at radius 3 is 2.52 bits per heavy atom. The van der Waals surface area contributed by atoms with Crippen LogP contribution in [0, 0.1) is 11.3 Å². The Hall–Kier alpha value is -3.15. The van der Waals surface area contributed by atoms with Crippen LogP contribution in [-0.2, 0) is 14.8 Å². The van der Waals surface area contributed by atoms with E-state index in [0.29, 0.717) is 18.7 Å². The lowest BCUT2D eigenvalue weighted by atomic mass is 10.1. The summed E-state index contributed by atoms with van der Waals surface area (Å²) in [6.07, 6.45) is 4.04. The molecule has 0 aliphatic carbocycles. The zero-order valence-electron chi connectivity index (χ0n) is 15.7. The smallest absolute Gasteiger partial charge is 0.266 e. The summed E-state index contributed by atoms with van der Waals surface area (Å²) in [6.45, 7) is 0.980. The third-order valence-corrected chi connectivity index (χ3v) is 6.49. The monoisotopic (exact) mass is 411 g/mol. The largest absolute Gasteiger partial charge is 0.508 e. The molecule has 1 aliphatic heterocycles. The van der Waals surface area contributed by atoms with Gasteiger partial charge in [-0.25, -0.2) is 8.42 Å². The highest BCUT2D eigenvalue weighted by molar-refractivity contribution is 7.89. The maximum Gasteiger partial charge on any atom is 0.266 e. The molecular weight excluding hydrogens is 390 g/mol. The van der Waals surface area contributed by atoms with E-state index in [4.69, 9.17) is 0 Å². The minimum Gasteiger partial charge on any atom is -0.508 e. The van der Waals surface area contributed by atoms with Crippen molar-refractivity contribution >= 4 is 27.7 Å². The number of anilines is 1. The van der Waals surface area contributed by atoms with Crippen LogP contribution in [0.2, 0.25) is 0 Å². The highest BCUT2D eigenvalue weighted by atomic mass is 32.2. The molecule has 1 aliphatic rings. The number of phenols is 1. The molecule has 0 atom stereocenters. The quantitative estimate of drug-likeness (QED) is 0.580. The molecule has 0 spiro atoms. The van der Waals surface area contributed by atoms with Gasteiger partial charge in [-0.15, -0.1) is 0 Å². The van der Waals surface area contributed by atoms with Gasteiger partial charge in [-0.3, -0.25) is 4.79 Å². The van der Waals surface area contributed by atoms with Crippen molar-refractivity contribution in [2.45, 2.75) is 24.2 Å². The molecule has 29 heavy (non-hydrogen) atoms. The second kappa shape index (κ2) is 8.90. The number of rotatable bonds is 5. The van der Waals surface area contributed by atoms with Crippen molar-refractivity contribution in [1.29, 1.82) is 5.26 Å². The summed E-state index contributed by atoms with van der Waals surface area (Å²) in [7, 11) is -3.62. The molecule has 150 valence electrons. The number of piperidine rings is 1. The first-order chi connectivity index (χ1) is 13.9. The maximum atomic E-state index is 12.8. The second-order valence-corrected chi connectivity index (χ2v) is 8.65. The van der Waals surface area contributed by atoms with Crippen molar-refractivity contribution in [3.8, 4) is 11.8 Å². The minimum absolute atomic E-state index is 0.0204. The van der Waals surface area contributed by atoms with E-state index in [-0.39, 0.29) is 21.9 Å². The molecule has 0 radical (unpaired) electrons. The van der Waals surface area contributed by atoms with Crippen molar-refractivity contribution in [2.24, 2.45) is 0 Å². The van der Waals surface area contributed by atoms with Gasteiger partial charge in [-0.05, 0) is 54.8 Å². The van der Waals surface area contributed by atoms with Gasteiger partial charge < -0.3 is 10.4 Å². The normalized spacial score (nSPS) is 15.5. The van der Waals surface area contributed by atoms with E-state index in [1.807, 2.05) is 6.07 Å². The SMILES string of the molecule is N#C/C(=C\c1cccc(O)c1)C(=O)Nc1cccc(S(=O)(=O)N2CCCCC2)c1. The molecule has 0 saturated carbocycles. The Balaban J connectivity index is 1.80. The first-order valence-corrected chi connectivity index (χ1v) is 10.7. The van der Waals surface area contributed by atoms with E-state index in [1.54, 1.807) is 24.3 Å². The summed E-state index contributed by atoms with van der Waals surface area (Å²) in [4.78, 5) is 12.6. The topological polar surface area (TPSA) is 110 Å². The van der Waals surface area contributed by atoms with Crippen LogP contribution in [0.3, 0.4) is 0 Å². The summed E-state index contributed by atoms with van der Waals surface area (Å²) in [6, 6.07) is 14.0. The highest BCUT2D eigenvalue weighted by Crippen LogP contribution is 2.23. The van der Waals surface area contributed by atoms with Crippen molar-refractivity contribution in [3.05, 3.63) is 59.7 Å². The number of hydrogen-bond donors (Lipinski definition) is 2. The molecule has 0 aromatic heterocycles. The molecule has 1 fully saturated rings. The van der Waals surface area contributed by atoms with Crippen molar-refractivity contribution in [2.75, 3.05) is 18.4 Å². The number of carbonyl (C=O) groups excluding carboxylic acids is 1. The number of sulfonamides is 1. The Morgan fingerprint density at radius 1 is 1.10 bits per heavy atom. The van der Waals surface area contributed by atoms with Crippen molar-refractivity contribution < 1.29 is 18.3 Å². The van der Waals surface area contributed by atoms with E-state index >= 15 is 0 Å². The zero-order valence-corrected chi connectivity index (χ0v) is 16.5. The van der Waals surface area contributed by atoms with Gasteiger partial charge in [0.1, 0.15) is 17.4 Å². The molecule has 2 aromatic rings. The van der Waals surface area contributed by atoms with Gasteiger partial charge in [0.05, 0.1) is 4.90 Å². The van der Waals surface area contributed by atoms with Gasteiger partial charge in [0.15, 0.2) is 0 Å². The number of hydrogen-bond acceptors (Lipinski definition) is 5. The van der Waals surface area contributed by atoms with Crippen LogP contribution in [0.15, 0.2) is 59.0 Å². The third-order valence-electron chi connectivity index (χ3n) is 4.59. The average molecular weight is 411 g/mol. The predicted octanol–water partition coefficient (Wildman–Crippen LogP) is 3.11. The fraction of sp³-hybridized carbons (Fsp3) is 0.238. The number of phenolic OH excluding ortho intramolecular Hbond substituents is 1.